The number of hydrogen-bond donors (Lipinski definition) is 1. The van der Waals surface area contributed by atoms with Crippen LogP contribution in [0.1, 0.15) is 28.2 Å². The minimum absolute atomic E-state index is 0.0573. The number of H-pyrrole nitrogens is 1. The number of nitrogens with one attached hydrogen (secondary N) is 1. The van der Waals surface area contributed by atoms with Gasteiger partial charge in [-0.25, -0.2) is 4.98 Å². The number of amides is 2. The van der Waals surface area contributed by atoms with Crippen molar-refractivity contribution in [2.24, 2.45) is 0 Å². The number of aromatic amines is 1. The van der Waals surface area contributed by atoms with E-state index in [0.717, 1.165) is 29.2 Å². The monoisotopic (exact) mass is 383 g/mol. The van der Waals surface area contributed by atoms with Crippen molar-refractivity contribution in [2.75, 3.05) is 39.2 Å². The second-order valence-electron chi connectivity index (χ2n) is 7.56. The van der Waals surface area contributed by atoms with Crippen LogP contribution in [0.3, 0.4) is 0 Å². The summed E-state index contributed by atoms with van der Waals surface area (Å²) in [5, 5.41) is 0. The lowest BCUT2D eigenvalue weighted by molar-refractivity contribution is -0.132. The SMILES string of the molecule is CN(C)C(=O)c1ccc2c(c1)N(C)[C@H](CC(=O)N1CCc3nc[nH]c3C1)CO2. The number of carbonyl (C=O) groups is 2. The molecule has 0 unspecified atom stereocenters. The third-order valence-corrected chi connectivity index (χ3v) is 5.51. The molecule has 3 heterocycles. The molecular formula is C20H25N5O3. The summed E-state index contributed by atoms with van der Waals surface area (Å²) in [5.74, 6) is 0.782. The number of aromatic nitrogens is 2. The molecule has 2 aromatic rings. The molecule has 1 N–H and O–H groups in total. The first-order valence-electron chi connectivity index (χ1n) is 9.44. The van der Waals surface area contributed by atoms with E-state index in [2.05, 4.69) is 14.9 Å². The van der Waals surface area contributed by atoms with E-state index in [-0.39, 0.29) is 17.9 Å². The Kier molecular flexibility index (Phi) is 4.70. The predicted octanol–water partition coefficient (Wildman–Crippen LogP) is 1.28. The van der Waals surface area contributed by atoms with Gasteiger partial charge in [0.1, 0.15) is 12.4 Å². The summed E-state index contributed by atoms with van der Waals surface area (Å²) in [5.41, 5.74) is 3.51. The van der Waals surface area contributed by atoms with Crippen LogP contribution in [0.25, 0.3) is 0 Å². The molecule has 0 spiro atoms. The quantitative estimate of drug-likeness (QED) is 0.864. The van der Waals surface area contributed by atoms with Gasteiger partial charge in [0.15, 0.2) is 0 Å². The highest BCUT2D eigenvalue weighted by Gasteiger charge is 2.30. The molecule has 0 bridgehead atoms. The van der Waals surface area contributed by atoms with E-state index < -0.39 is 0 Å². The number of ether oxygens (including phenoxy) is 1. The molecule has 4 rings (SSSR count). The summed E-state index contributed by atoms with van der Waals surface area (Å²) in [6.45, 7) is 1.70. The molecule has 1 aromatic carbocycles. The Balaban J connectivity index is 1.47. The number of hydrogen-bond acceptors (Lipinski definition) is 5. The second-order valence-corrected chi connectivity index (χ2v) is 7.56. The number of anilines is 1. The van der Waals surface area contributed by atoms with Crippen LogP contribution in [-0.4, -0.2) is 71.9 Å². The molecule has 0 radical (unpaired) electrons. The molecule has 0 saturated heterocycles. The standard InChI is InChI=1S/C20H25N5O3/c1-23(2)20(27)13-4-5-18-17(8-13)24(3)14(11-28-18)9-19(26)25-7-6-15-16(10-25)22-12-21-15/h4-5,8,12,14H,6-7,9-11H2,1-3H3,(H,21,22)/t14-/m1/s1. The molecule has 8 heteroatoms. The zero-order chi connectivity index (χ0) is 19.8. The molecule has 2 amide bonds. The Morgan fingerprint density at radius 3 is 2.96 bits per heavy atom. The van der Waals surface area contributed by atoms with Crippen LogP contribution in [0.5, 0.6) is 5.75 Å². The fourth-order valence-electron chi connectivity index (χ4n) is 3.75. The largest absolute Gasteiger partial charge is 0.489 e. The van der Waals surface area contributed by atoms with Gasteiger partial charge in [-0.15, -0.1) is 0 Å². The number of nitrogens with zero attached hydrogens (tertiary/aromatic N) is 4. The van der Waals surface area contributed by atoms with Gasteiger partial charge >= 0.3 is 0 Å². The molecule has 8 nitrogen and oxygen atoms in total. The van der Waals surface area contributed by atoms with Crippen LogP contribution < -0.4 is 9.64 Å². The molecule has 1 aromatic heterocycles. The highest BCUT2D eigenvalue weighted by atomic mass is 16.5. The lowest BCUT2D eigenvalue weighted by Crippen LogP contribution is -2.45. The van der Waals surface area contributed by atoms with Crippen molar-refractivity contribution in [2.45, 2.75) is 25.4 Å². The second kappa shape index (κ2) is 7.18. The topological polar surface area (TPSA) is 81.8 Å². The minimum Gasteiger partial charge on any atom is -0.489 e. The first-order chi connectivity index (χ1) is 13.4. The Bertz CT molecular complexity index is 907. The van der Waals surface area contributed by atoms with Crippen molar-refractivity contribution in [3.8, 4) is 5.75 Å². The highest BCUT2D eigenvalue weighted by Crippen LogP contribution is 2.35. The van der Waals surface area contributed by atoms with E-state index in [1.807, 2.05) is 24.1 Å². The normalized spacial score (nSPS) is 18.2. The summed E-state index contributed by atoms with van der Waals surface area (Å²) < 4.78 is 5.88. The van der Waals surface area contributed by atoms with Gasteiger partial charge in [-0.05, 0) is 18.2 Å². The number of fused-ring (bicyclic) bond motifs is 2. The fourth-order valence-corrected chi connectivity index (χ4v) is 3.75. The molecule has 1 atom stereocenters. The summed E-state index contributed by atoms with van der Waals surface area (Å²) in [6, 6.07) is 5.36. The summed E-state index contributed by atoms with van der Waals surface area (Å²) in [6.07, 6.45) is 2.83. The fraction of sp³-hybridized carbons (Fsp3) is 0.450. The van der Waals surface area contributed by atoms with Gasteiger partial charge in [0.05, 0.1) is 42.4 Å². The lowest BCUT2D eigenvalue weighted by atomic mass is 10.1. The van der Waals surface area contributed by atoms with E-state index >= 15 is 0 Å². The Morgan fingerprint density at radius 1 is 1.36 bits per heavy atom. The predicted molar refractivity (Wildman–Crippen MR) is 104 cm³/mol. The van der Waals surface area contributed by atoms with Crippen LogP contribution in [0.2, 0.25) is 0 Å². The molecule has 0 saturated carbocycles. The van der Waals surface area contributed by atoms with Crippen LogP contribution in [0.4, 0.5) is 5.69 Å². The smallest absolute Gasteiger partial charge is 0.253 e. The number of likely N-dealkylation sites (N-methyl/N-ethyl adjacent to an activating group) is 1. The average Bonchev–Trinajstić information content (AvgIpc) is 3.17. The first-order valence-corrected chi connectivity index (χ1v) is 9.44. The molecule has 148 valence electrons. The molecule has 2 aliphatic rings. The van der Waals surface area contributed by atoms with E-state index in [9.17, 15) is 9.59 Å². The van der Waals surface area contributed by atoms with E-state index in [0.29, 0.717) is 31.7 Å². The molecule has 2 aliphatic heterocycles. The Labute approximate surface area is 164 Å². The number of imidazole rings is 1. The number of benzene rings is 1. The van der Waals surface area contributed by atoms with E-state index in [1.54, 1.807) is 31.4 Å². The average molecular weight is 383 g/mol. The summed E-state index contributed by atoms with van der Waals surface area (Å²) >= 11 is 0. The zero-order valence-corrected chi connectivity index (χ0v) is 16.4. The van der Waals surface area contributed by atoms with Crippen LogP contribution in [0, 0.1) is 0 Å². The maximum atomic E-state index is 12.9. The summed E-state index contributed by atoms with van der Waals surface area (Å²) in [4.78, 5) is 38.0. The lowest BCUT2D eigenvalue weighted by Gasteiger charge is -2.37. The highest BCUT2D eigenvalue weighted by molar-refractivity contribution is 5.95. The van der Waals surface area contributed by atoms with Crippen molar-refractivity contribution in [1.29, 1.82) is 0 Å². The third-order valence-electron chi connectivity index (χ3n) is 5.51. The first kappa shape index (κ1) is 18.3. The molecular weight excluding hydrogens is 358 g/mol. The Hall–Kier alpha value is -3.03. The van der Waals surface area contributed by atoms with Crippen molar-refractivity contribution < 1.29 is 14.3 Å². The number of carbonyl (C=O) groups excluding carboxylic acids is 2. The molecule has 0 aliphatic carbocycles. The van der Waals surface area contributed by atoms with Gasteiger partial charge in [0, 0.05) is 39.7 Å². The minimum atomic E-state index is -0.0760. The van der Waals surface area contributed by atoms with Crippen LogP contribution in [0.15, 0.2) is 24.5 Å². The number of rotatable bonds is 3. The zero-order valence-electron chi connectivity index (χ0n) is 16.4. The molecule has 0 fully saturated rings. The maximum Gasteiger partial charge on any atom is 0.253 e. The third kappa shape index (κ3) is 3.30. The summed E-state index contributed by atoms with van der Waals surface area (Å²) in [7, 11) is 5.41. The van der Waals surface area contributed by atoms with Crippen molar-refractivity contribution in [3.63, 3.8) is 0 Å². The van der Waals surface area contributed by atoms with E-state index in [1.165, 1.54) is 0 Å². The van der Waals surface area contributed by atoms with Gasteiger partial charge < -0.3 is 24.4 Å². The van der Waals surface area contributed by atoms with Gasteiger partial charge in [-0.2, -0.15) is 0 Å². The van der Waals surface area contributed by atoms with Gasteiger partial charge in [0.25, 0.3) is 5.91 Å². The molecule has 28 heavy (non-hydrogen) atoms. The maximum absolute atomic E-state index is 12.9. The van der Waals surface area contributed by atoms with Gasteiger partial charge in [-0.3, -0.25) is 9.59 Å². The van der Waals surface area contributed by atoms with Crippen molar-refractivity contribution >= 4 is 17.5 Å². The van der Waals surface area contributed by atoms with Crippen molar-refractivity contribution in [1.82, 2.24) is 19.8 Å². The van der Waals surface area contributed by atoms with Gasteiger partial charge in [0.2, 0.25) is 5.91 Å². The van der Waals surface area contributed by atoms with Crippen LogP contribution >= 0.6 is 0 Å². The van der Waals surface area contributed by atoms with Crippen molar-refractivity contribution in [3.05, 3.63) is 41.5 Å². The van der Waals surface area contributed by atoms with Gasteiger partial charge in [-0.1, -0.05) is 0 Å². The Morgan fingerprint density at radius 2 is 2.18 bits per heavy atom. The van der Waals surface area contributed by atoms with Crippen LogP contribution in [-0.2, 0) is 17.8 Å². The van der Waals surface area contributed by atoms with E-state index in [4.69, 9.17) is 4.74 Å².